The van der Waals surface area contributed by atoms with Crippen LogP contribution < -0.4 is 10.0 Å². The first-order valence-electron chi connectivity index (χ1n) is 9.96. The van der Waals surface area contributed by atoms with E-state index in [9.17, 15) is 21.6 Å². The zero-order chi connectivity index (χ0) is 21.1. The molecule has 1 aromatic carbocycles. The van der Waals surface area contributed by atoms with Crippen molar-refractivity contribution in [2.45, 2.75) is 61.9 Å². The van der Waals surface area contributed by atoms with Crippen LogP contribution >= 0.6 is 0 Å². The van der Waals surface area contributed by atoms with E-state index in [1.54, 1.807) is 19.1 Å². The van der Waals surface area contributed by atoms with E-state index in [1.807, 2.05) is 12.1 Å². The number of hydrogen-bond donors (Lipinski definition) is 2. The van der Waals surface area contributed by atoms with Gasteiger partial charge in [0.05, 0.1) is 35.1 Å². The molecule has 0 bridgehead atoms. The van der Waals surface area contributed by atoms with Crippen LogP contribution in [0.25, 0.3) is 0 Å². The normalized spacial score (nSPS) is 24.9. The number of sulfonamides is 1. The number of carbonyl (C=O) groups is 1. The van der Waals surface area contributed by atoms with E-state index in [0.29, 0.717) is 5.92 Å². The summed E-state index contributed by atoms with van der Waals surface area (Å²) < 4.78 is 56.8. The van der Waals surface area contributed by atoms with Gasteiger partial charge in [0.25, 0.3) is 0 Å². The van der Waals surface area contributed by atoms with Gasteiger partial charge in [-0.3, -0.25) is 0 Å². The van der Waals surface area contributed by atoms with Gasteiger partial charge in [0.15, 0.2) is 9.84 Å². The lowest BCUT2D eigenvalue weighted by atomic mass is 9.84. The molecule has 8 nitrogen and oxygen atoms in total. The first-order valence-corrected chi connectivity index (χ1v) is 13.3. The molecular formula is C19H28N2O6S2. The average Bonchev–Trinajstić information content (AvgIpc) is 2.95. The van der Waals surface area contributed by atoms with Gasteiger partial charge in [-0.25, -0.2) is 26.4 Å². The Balaban J connectivity index is 1.72. The Bertz CT molecular complexity index is 922. The summed E-state index contributed by atoms with van der Waals surface area (Å²) in [7, 11) is -7.41. The van der Waals surface area contributed by atoms with E-state index in [0.717, 1.165) is 18.4 Å². The SMILES string of the molecule is CCOC(=O)N[C@H]1CS(=O)(=O)C[C@@H]1NS(=O)(=O)c1ccc(C2CCCCC2)cc1. The minimum atomic E-state index is -3.93. The molecule has 1 amide bonds. The quantitative estimate of drug-likeness (QED) is 0.692. The maximum atomic E-state index is 12.8. The topological polar surface area (TPSA) is 119 Å². The number of hydrogen-bond acceptors (Lipinski definition) is 6. The molecular weight excluding hydrogens is 416 g/mol. The molecule has 1 aliphatic carbocycles. The highest BCUT2D eigenvalue weighted by Gasteiger charge is 2.41. The summed E-state index contributed by atoms with van der Waals surface area (Å²) >= 11 is 0. The first kappa shape index (κ1) is 22.0. The fraction of sp³-hybridized carbons (Fsp3) is 0.632. The van der Waals surface area contributed by atoms with Crippen molar-refractivity contribution in [1.29, 1.82) is 0 Å². The van der Waals surface area contributed by atoms with E-state index < -0.39 is 38.0 Å². The molecule has 1 aliphatic heterocycles. The van der Waals surface area contributed by atoms with Crippen molar-refractivity contribution in [3.8, 4) is 0 Å². The highest BCUT2D eigenvalue weighted by atomic mass is 32.2. The molecule has 0 aromatic heterocycles. The Morgan fingerprint density at radius 1 is 1.07 bits per heavy atom. The molecule has 0 spiro atoms. The van der Waals surface area contributed by atoms with Gasteiger partial charge in [-0.2, -0.15) is 0 Å². The van der Waals surface area contributed by atoms with Crippen molar-refractivity contribution in [2.75, 3.05) is 18.1 Å². The van der Waals surface area contributed by atoms with Gasteiger partial charge < -0.3 is 10.1 Å². The molecule has 1 heterocycles. The lowest BCUT2D eigenvalue weighted by Crippen LogP contribution is -2.50. The number of nitrogens with one attached hydrogen (secondary N) is 2. The Morgan fingerprint density at radius 3 is 2.31 bits per heavy atom. The molecule has 1 saturated carbocycles. The van der Waals surface area contributed by atoms with Gasteiger partial charge in [-0.05, 0) is 43.4 Å². The maximum Gasteiger partial charge on any atom is 0.407 e. The largest absolute Gasteiger partial charge is 0.450 e. The molecule has 2 aliphatic rings. The smallest absolute Gasteiger partial charge is 0.407 e. The summed E-state index contributed by atoms with van der Waals surface area (Å²) in [5.41, 5.74) is 1.13. The fourth-order valence-electron chi connectivity index (χ4n) is 4.05. The van der Waals surface area contributed by atoms with Crippen LogP contribution in [-0.4, -0.2) is 53.1 Å². The average molecular weight is 445 g/mol. The Hall–Kier alpha value is -1.65. The summed E-state index contributed by atoms with van der Waals surface area (Å²) in [5.74, 6) is -0.241. The van der Waals surface area contributed by atoms with E-state index in [4.69, 9.17) is 4.74 Å². The molecule has 2 atom stereocenters. The van der Waals surface area contributed by atoms with Crippen molar-refractivity contribution in [3.63, 3.8) is 0 Å². The molecule has 3 rings (SSSR count). The number of carbonyl (C=O) groups excluding carboxylic acids is 1. The number of benzene rings is 1. The molecule has 1 saturated heterocycles. The summed E-state index contributed by atoms with van der Waals surface area (Å²) in [5, 5.41) is 2.44. The van der Waals surface area contributed by atoms with Crippen LogP contribution in [-0.2, 0) is 24.6 Å². The third-order valence-electron chi connectivity index (χ3n) is 5.50. The predicted molar refractivity (Wildman–Crippen MR) is 109 cm³/mol. The van der Waals surface area contributed by atoms with Crippen LogP contribution in [0, 0.1) is 0 Å². The third kappa shape index (κ3) is 5.70. The Labute approximate surface area is 172 Å². The van der Waals surface area contributed by atoms with Crippen molar-refractivity contribution in [1.82, 2.24) is 10.0 Å². The zero-order valence-electron chi connectivity index (χ0n) is 16.5. The molecule has 0 unspecified atom stereocenters. The summed E-state index contributed by atoms with van der Waals surface area (Å²) in [6.07, 6.45) is 5.10. The standard InChI is InChI=1S/C19H28N2O6S2/c1-2-27-19(22)20-17-12-28(23,24)13-18(17)21-29(25,26)16-10-8-15(9-11-16)14-6-4-3-5-7-14/h8-11,14,17-18,21H,2-7,12-13H2,1H3,(H,20,22)/t17-,18-/m0/s1. The van der Waals surface area contributed by atoms with Gasteiger partial charge >= 0.3 is 6.09 Å². The van der Waals surface area contributed by atoms with Gasteiger partial charge in [-0.15, -0.1) is 0 Å². The van der Waals surface area contributed by atoms with Gasteiger partial charge in [0.1, 0.15) is 0 Å². The highest BCUT2D eigenvalue weighted by molar-refractivity contribution is 7.92. The number of rotatable bonds is 6. The Kier molecular flexibility index (Phi) is 6.85. The molecule has 162 valence electrons. The maximum absolute atomic E-state index is 12.8. The van der Waals surface area contributed by atoms with Crippen LogP contribution in [0.2, 0.25) is 0 Å². The van der Waals surface area contributed by atoms with E-state index in [2.05, 4.69) is 10.0 Å². The monoisotopic (exact) mass is 444 g/mol. The molecule has 2 fully saturated rings. The lowest BCUT2D eigenvalue weighted by Gasteiger charge is -2.22. The second kappa shape index (κ2) is 9.01. The van der Waals surface area contributed by atoms with Crippen LogP contribution in [0.15, 0.2) is 29.2 Å². The minimum absolute atomic E-state index is 0.0799. The molecule has 2 N–H and O–H groups in total. The first-order chi connectivity index (χ1) is 13.7. The fourth-order valence-corrected chi connectivity index (χ4v) is 7.30. The highest BCUT2D eigenvalue weighted by Crippen LogP contribution is 2.33. The number of sulfone groups is 1. The van der Waals surface area contributed by atoms with E-state index in [1.165, 1.54) is 19.3 Å². The van der Waals surface area contributed by atoms with E-state index >= 15 is 0 Å². The van der Waals surface area contributed by atoms with E-state index in [-0.39, 0.29) is 23.0 Å². The summed E-state index contributed by atoms with van der Waals surface area (Å²) in [6, 6.07) is 4.96. The predicted octanol–water partition coefficient (Wildman–Crippen LogP) is 1.92. The Morgan fingerprint density at radius 2 is 1.69 bits per heavy atom. The van der Waals surface area contributed by atoms with Crippen molar-refractivity contribution >= 4 is 26.0 Å². The lowest BCUT2D eigenvalue weighted by molar-refractivity contribution is 0.148. The number of amides is 1. The third-order valence-corrected chi connectivity index (χ3v) is 8.74. The van der Waals surface area contributed by atoms with Crippen LogP contribution in [0.5, 0.6) is 0 Å². The molecule has 1 aromatic rings. The van der Waals surface area contributed by atoms with Crippen molar-refractivity contribution in [2.24, 2.45) is 0 Å². The summed E-state index contributed by atoms with van der Waals surface area (Å²) in [6.45, 7) is 1.76. The van der Waals surface area contributed by atoms with Crippen LogP contribution in [0.3, 0.4) is 0 Å². The van der Waals surface area contributed by atoms with Crippen LogP contribution in [0.1, 0.15) is 50.5 Å². The van der Waals surface area contributed by atoms with Crippen LogP contribution in [0.4, 0.5) is 4.79 Å². The number of alkyl carbamates (subject to hydrolysis) is 1. The van der Waals surface area contributed by atoms with Gasteiger partial charge in [0.2, 0.25) is 10.0 Å². The number of ether oxygens (including phenoxy) is 1. The minimum Gasteiger partial charge on any atom is -0.450 e. The van der Waals surface area contributed by atoms with Gasteiger partial charge in [-0.1, -0.05) is 31.4 Å². The second-order valence-corrected chi connectivity index (χ2v) is 11.5. The van der Waals surface area contributed by atoms with Crippen molar-refractivity contribution in [3.05, 3.63) is 29.8 Å². The summed E-state index contributed by atoms with van der Waals surface area (Å²) in [4.78, 5) is 11.8. The van der Waals surface area contributed by atoms with Crippen molar-refractivity contribution < 1.29 is 26.4 Å². The van der Waals surface area contributed by atoms with Gasteiger partial charge in [0, 0.05) is 0 Å². The molecule has 29 heavy (non-hydrogen) atoms. The molecule has 10 heteroatoms. The molecule has 0 radical (unpaired) electrons. The second-order valence-electron chi connectivity index (χ2n) is 7.68. The zero-order valence-corrected chi connectivity index (χ0v) is 18.1.